The molecule has 0 spiro atoms. The second-order valence-corrected chi connectivity index (χ2v) is 9.80. The monoisotopic (exact) mass is 517 g/mol. The van der Waals surface area contributed by atoms with Crippen molar-refractivity contribution in [2.45, 2.75) is 19.9 Å². The van der Waals surface area contributed by atoms with Gasteiger partial charge in [-0.05, 0) is 56.4 Å². The molecule has 6 aromatic rings. The van der Waals surface area contributed by atoms with E-state index in [0.29, 0.717) is 22.7 Å². The Labute approximate surface area is 222 Å². The van der Waals surface area contributed by atoms with E-state index in [0.717, 1.165) is 44.5 Å². The van der Waals surface area contributed by atoms with Gasteiger partial charge in [0.25, 0.3) is 5.91 Å². The van der Waals surface area contributed by atoms with Gasteiger partial charge in [-0.15, -0.1) is 5.10 Å². The first-order chi connectivity index (χ1) is 18.7. The second kappa shape index (κ2) is 10.3. The molecule has 0 atom stereocenters. The quantitative estimate of drug-likeness (QED) is 0.323. The highest BCUT2D eigenvalue weighted by atomic mass is 32.1. The van der Waals surface area contributed by atoms with Gasteiger partial charge < -0.3 is 0 Å². The third-order valence-electron chi connectivity index (χ3n) is 6.28. The van der Waals surface area contributed by atoms with E-state index in [-0.39, 0.29) is 5.91 Å². The molecule has 0 bridgehead atoms. The molecule has 8 nitrogen and oxygen atoms in total. The number of carbonyl (C=O) groups is 1. The Kier molecular flexibility index (Phi) is 6.41. The molecule has 2 aromatic heterocycles. The van der Waals surface area contributed by atoms with Crippen LogP contribution in [-0.4, -0.2) is 36.3 Å². The number of benzene rings is 4. The van der Waals surface area contributed by atoms with E-state index >= 15 is 0 Å². The highest BCUT2D eigenvalue weighted by molar-refractivity contribution is 7.08. The van der Waals surface area contributed by atoms with E-state index in [2.05, 4.69) is 56.8 Å². The number of rotatable bonds is 6. The van der Waals surface area contributed by atoms with E-state index in [1.807, 2.05) is 71.4 Å². The second-order valence-electron chi connectivity index (χ2n) is 8.76. The fourth-order valence-corrected chi connectivity index (χ4v) is 5.17. The number of H-pyrrole nitrogens is 1. The Bertz CT molecular complexity index is 1800. The lowest BCUT2D eigenvalue weighted by Gasteiger charge is -2.08. The van der Waals surface area contributed by atoms with Crippen LogP contribution in [0.25, 0.3) is 33.3 Å². The maximum Gasteiger partial charge on any atom is 0.279 e. The number of fused-ring (bicyclic) bond motifs is 1. The largest absolute Gasteiger partial charge is 0.279 e. The van der Waals surface area contributed by atoms with Crippen LogP contribution in [-0.2, 0) is 13.0 Å². The van der Waals surface area contributed by atoms with Gasteiger partial charge >= 0.3 is 0 Å². The molecule has 0 radical (unpaired) electrons. The molecule has 0 fully saturated rings. The van der Waals surface area contributed by atoms with E-state index in [4.69, 9.17) is 5.10 Å². The average molecular weight is 518 g/mol. The number of hydrogen-bond acceptors (Lipinski definition) is 6. The molecule has 4 aromatic carbocycles. The summed E-state index contributed by atoms with van der Waals surface area (Å²) in [6.45, 7) is 2.56. The molecular weight excluding hydrogens is 494 g/mol. The van der Waals surface area contributed by atoms with Crippen LogP contribution >= 0.6 is 11.3 Å². The number of aromatic nitrogens is 6. The molecule has 1 N–H and O–H groups in total. The Morgan fingerprint density at radius 2 is 1.68 bits per heavy atom. The van der Waals surface area contributed by atoms with E-state index in [1.165, 1.54) is 11.3 Å². The summed E-state index contributed by atoms with van der Waals surface area (Å²) in [5, 5.41) is 22.1. The molecule has 0 aliphatic rings. The van der Waals surface area contributed by atoms with Gasteiger partial charge in [-0.2, -0.15) is 10.1 Å². The third kappa shape index (κ3) is 4.79. The number of hydrogen-bond donors (Lipinski definition) is 1. The molecule has 0 saturated heterocycles. The summed E-state index contributed by atoms with van der Waals surface area (Å²) in [5.41, 5.74) is 4.63. The van der Waals surface area contributed by atoms with Crippen molar-refractivity contribution in [1.82, 2.24) is 30.4 Å². The molecule has 0 aliphatic heterocycles. The van der Waals surface area contributed by atoms with Crippen LogP contribution in [0.1, 0.15) is 27.9 Å². The Morgan fingerprint density at radius 3 is 2.45 bits per heavy atom. The van der Waals surface area contributed by atoms with Crippen LogP contribution in [0.3, 0.4) is 0 Å². The predicted octanol–water partition coefficient (Wildman–Crippen LogP) is 5.30. The number of amides is 1. The summed E-state index contributed by atoms with van der Waals surface area (Å²) < 4.78 is 1.81. The first kappa shape index (κ1) is 23.6. The minimum atomic E-state index is -0.273. The van der Waals surface area contributed by atoms with Crippen LogP contribution in [0.15, 0.2) is 96.0 Å². The SMILES string of the molecule is CCc1nn(Cc2ccc(-c3ccccc3-c3nnn[nH]3)cc2)c(=NC(=O)c2ccc3ccccc3c2)s1. The van der Waals surface area contributed by atoms with Crippen molar-refractivity contribution < 1.29 is 4.79 Å². The number of carbonyl (C=O) groups excluding carboxylic acids is 1. The topological polar surface area (TPSA) is 102 Å². The summed E-state index contributed by atoms with van der Waals surface area (Å²) >= 11 is 1.45. The smallest absolute Gasteiger partial charge is 0.267 e. The zero-order chi connectivity index (χ0) is 25.9. The van der Waals surface area contributed by atoms with Gasteiger partial charge in [-0.25, -0.2) is 9.78 Å². The van der Waals surface area contributed by atoms with Crippen molar-refractivity contribution in [2.75, 3.05) is 0 Å². The summed E-state index contributed by atoms with van der Waals surface area (Å²) in [7, 11) is 0. The maximum absolute atomic E-state index is 13.1. The van der Waals surface area contributed by atoms with Crippen LogP contribution in [0.2, 0.25) is 0 Å². The van der Waals surface area contributed by atoms with E-state index in [9.17, 15) is 4.79 Å². The van der Waals surface area contributed by atoms with E-state index in [1.54, 1.807) is 0 Å². The first-order valence-corrected chi connectivity index (χ1v) is 13.1. The van der Waals surface area contributed by atoms with Crippen molar-refractivity contribution in [1.29, 1.82) is 0 Å². The van der Waals surface area contributed by atoms with Gasteiger partial charge in [0.1, 0.15) is 5.01 Å². The zero-order valence-corrected chi connectivity index (χ0v) is 21.4. The van der Waals surface area contributed by atoms with Crippen molar-refractivity contribution in [3.8, 4) is 22.5 Å². The Balaban J connectivity index is 1.29. The minimum Gasteiger partial charge on any atom is -0.267 e. The highest BCUT2D eigenvalue weighted by Gasteiger charge is 2.12. The van der Waals surface area contributed by atoms with Crippen LogP contribution in [0.4, 0.5) is 0 Å². The molecule has 9 heteroatoms. The van der Waals surface area contributed by atoms with Gasteiger partial charge in [0.05, 0.1) is 6.54 Å². The lowest BCUT2D eigenvalue weighted by atomic mass is 9.98. The fourth-order valence-electron chi connectivity index (χ4n) is 4.33. The molecule has 38 heavy (non-hydrogen) atoms. The molecule has 0 saturated carbocycles. The predicted molar refractivity (Wildman–Crippen MR) is 147 cm³/mol. The molecule has 186 valence electrons. The van der Waals surface area contributed by atoms with Gasteiger partial charge in [0.2, 0.25) is 4.80 Å². The Morgan fingerprint density at radius 1 is 0.921 bits per heavy atom. The number of nitrogens with zero attached hydrogens (tertiary/aromatic N) is 6. The Hall–Kier alpha value is -4.76. The first-order valence-electron chi connectivity index (χ1n) is 12.2. The molecule has 0 aliphatic carbocycles. The highest BCUT2D eigenvalue weighted by Crippen LogP contribution is 2.29. The number of tetrazole rings is 1. The lowest BCUT2D eigenvalue weighted by Crippen LogP contribution is -2.19. The number of nitrogens with one attached hydrogen (secondary N) is 1. The molecule has 6 rings (SSSR count). The number of aromatic amines is 1. The zero-order valence-electron chi connectivity index (χ0n) is 20.6. The molecule has 1 amide bonds. The average Bonchev–Trinajstić information content (AvgIpc) is 3.64. The van der Waals surface area contributed by atoms with E-state index < -0.39 is 0 Å². The lowest BCUT2D eigenvalue weighted by molar-refractivity contribution is 0.0997. The molecular formula is C29H23N7OS. The maximum atomic E-state index is 13.1. The number of aryl methyl sites for hydroxylation is 1. The van der Waals surface area contributed by atoms with Crippen LogP contribution in [0.5, 0.6) is 0 Å². The van der Waals surface area contributed by atoms with Crippen molar-refractivity contribution in [2.24, 2.45) is 4.99 Å². The standard InChI is InChI=1S/C29H23N7OS/c1-2-26-33-36(29(38-26)30-28(37)23-16-15-20-7-3-4-8-22(20)17-23)18-19-11-13-21(14-12-19)24-9-5-6-10-25(24)27-31-34-35-32-27/h3-17H,2,18H2,1H3,(H,31,32,34,35). The van der Waals surface area contributed by atoms with Gasteiger partial charge in [-0.1, -0.05) is 97.1 Å². The van der Waals surface area contributed by atoms with Crippen LogP contribution < -0.4 is 4.80 Å². The third-order valence-corrected chi connectivity index (χ3v) is 7.37. The summed E-state index contributed by atoms with van der Waals surface area (Å²) in [4.78, 5) is 18.1. The van der Waals surface area contributed by atoms with Gasteiger partial charge in [-0.3, -0.25) is 4.79 Å². The molecule has 2 heterocycles. The molecule has 0 unspecified atom stereocenters. The van der Waals surface area contributed by atoms with Crippen LogP contribution in [0, 0.1) is 0 Å². The fraction of sp³-hybridized carbons (Fsp3) is 0.103. The van der Waals surface area contributed by atoms with Crippen molar-refractivity contribution >= 4 is 28.0 Å². The van der Waals surface area contributed by atoms with Gasteiger partial charge in [0, 0.05) is 11.1 Å². The summed E-state index contributed by atoms with van der Waals surface area (Å²) in [6, 6.07) is 29.9. The van der Waals surface area contributed by atoms with Crippen molar-refractivity contribution in [3.63, 3.8) is 0 Å². The normalized spacial score (nSPS) is 11.8. The summed E-state index contributed by atoms with van der Waals surface area (Å²) in [6.07, 6.45) is 0.774. The summed E-state index contributed by atoms with van der Waals surface area (Å²) in [5.74, 6) is 0.349. The van der Waals surface area contributed by atoms with Crippen molar-refractivity contribution in [3.05, 3.63) is 112 Å². The van der Waals surface area contributed by atoms with Gasteiger partial charge in [0.15, 0.2) is 5.82 Å². The minimum absolute atomic E-state index is 0.273.